The average Bonchev–Trinajstić information content (AvgIpc) is 2.48. The van der Waals surface area contributed by atoms with Gasteiger partial charge in [-0.2, -0.15) is 0 Å². The van der Waals surface area contributed by atoms with Crippen LogP contribution in [0.5, 0.6) is 5.75 Å². The van der Waals surface area contributed by atoms with E-state index in [1.54, 1.807) is 0 Å². The number of carbonyl (C=O) groups excluding carboxylic acids is 1. The van der Waals surface area contributed by atoms with Crippen molar-refractivity contribution in [1.82, 2.24) is 0 Å². The van der Waals surface area contributed by atoms with E-state index in [0.29, 0.717) is 11.7 Å². The quantitative estimate of drug-likeness (QED) is 0.872. The highest BCUT2D eigenvalue weighted by Gasteiger charge is 2.08. The molecule has 2 rings (SSSR count). The number of ether oxygens (including phenoxy) is 1. The fraction of sp³-hybridized carbons (Fsp3) is 0.235. The standard InChI is InChI=1S/C17H17ClFNO2/c1-11(2)12-3-6-14(7-4-12)22-10-17(21)20-16-8-5-13(18)9-15(16)19/h3-9,11H,10H2,1-2H3,(H,20,21). The van der Waals surface area contributed by atoms with Crippen LogP contribution in [0.15, 0.2) is 42.5 Å². The van der Waals surface area contributed by atoms with Gasteiger partial charge in [-0.15, -0.1) is 0 Å². The highest BCUT2D eigenvalue weighted by molar-refractivity contribution is 6.30. The molecule has 0 bridgehead atoms. The maximum atomic E-state index is 13.6. The zero-order valence-corrected chi connectivity index (χ0v) is 13.2. The molecule has 116 valence electrons. The monoisotopic (exact) mass is 321 g/mol. The molecule has 0 heterocycles. The van der Waals surface area contributed by atoms with Crippen LogP contribution in [0.4, 0.5) is 10.1 Å². The Labute approximate surface area is 134 Å². The summed E-state index contributed by atoms with van der Waals surface area (Å²) >= 11 is 5.65. The number of hydrogen-bond donors (Lipinski definition) is 1. The van der Waals surface area contributed by atoms with Crippen LogP contribution >= 0.6 is 11.6 Å². The summed E-state index contributed by atoms with van der Waals surface area (Å²) in [6.07, 6.45) is 0. The summed E-state index contributed by atoms with van der Waals surface area (Å²) in [5.74, 6) is 0.0117. The van der Waals surface area contributed by atoms with Crippen LogP contribution in [-0.2, 0) is 4.79 Å². The second-order valence-electron chi connectivity index (χ2n) is 5.18. The van der Waals surface area contributed by atoms with E-state index < -0.39 is 11.7 Å². The molecule has 0 unspecified atom stereocenters. The molecule has 0 aromatic heterocycles. The molecule has 0 atom stereocenters. The summed E-state index contributed by atoms with van der Waals surface area (Å²) in [6, 6.07) is 11.6. The van der Waals surface area contributed by atoms with Crippen LogP contribution in [-0.4, -0.2) is 12.5 Å². The van der Waals surface area contributed by atoms with E-state index in [4.69, 9.17) is 16.3 Å². The van der Waals surface area contributed by atoms with E-state index in [-0.39, 0.29) is 17.3 Å². The number of benzene rings is 2. The van der Waals surface area contributed by atoms with Crippen molar-refractivity contribution in [2.24, 2.45) is 0 Å². The smallest absolute Gasteiger partial charge is 0.262 e. The summed E-state index contributed by atoms with van der Waals surface area (Å²) in [5, 5.41) is 2.71. The van der Waals surface area contributed by atoms with Crippen molar-refractivity contribution in [2.75, 3.05) is 11.9 Å². The first-order valence-corrected chi connectivity index (χ1v) is 7.31. The molecular formula is C17H17ClFNO2. The maximum Gasteiger partial charge on any atom is 0.262 e. The Hall–Kier alpha value is -2.07. The highest BCUT2D eigenvalue weighted by Crippen LogP contribution is 2.20. The lowest BCUT2D eigenvalue weighted by molar-refractivity contribution is -0.118. The van der Waals surface area contributed by atoms with Gasteiger partial charge in [-0.3, -0.25) is 4.79 Å². The molecule has 3 nitrogen and oxygen atoms in total. The summed E-state index contributed by atoms with van der Waals surface area (Å²) < 4.78 is 18.9. The maximum absolute atomic E-state index is 13.6. The Bertz CT molecular complexity index is 656. The van der Waals surface area contributed by atoms with Gasteiger partial charge in [0.2, 0.25) is 0 Å². The molecular weight excluding hydrogens is 305 g/mol. The molecule has 5 heteroatoms. The number of halogens is 2. The van der Waals surface area contributed by atoms with Gasteiger partial charge in [0.15, 0.2) is 6.61 Å². The molecule has 0 saturated carbocycles. The number of anilines is 1. The van der Waals surface area contributed by atoms with E-state index >= 15 is 0 Å². The van der Waals surface area contributed by atoms with Gasteiger partial charge >= 0.3 is 0 Å². The predicted octanol–water partition coefficient (Wildman–Crippen LogP) is 4.62. The van der Waals surface area contributed by atoms with Gasteiger partial charge < -0.3 is 10.1 Å². The van der Waals surface area contributed by atoms with Gasteiger partial charge in [-0.05, 0) is 41.8 Å². The number of amides is 1. The number of nitrogens with one attached hydrogen (secondary N) is 1. The van der Waals surface area contributed by atoms with Crippen molar-refractivity contribution in [3.05, 3.63) is 58.9 Å². The Morgan fingerprint density at radius 3 is 2.50 bits per heavy atom. The van der Waals surface area contributed by atoms with Crippen LogP contribution in [0.2, 0.25) is 5.02 Å². The molecule has 1 amide bonds. The molecule has 1 N–H and O–H groups in total. The first-order chi connectivity index (χ1) is 10.5. The molecule has 0 saturated heterocycles. The second kappa shape index (κ2) is 7.27. The normalized spacial score (nSPS) is 10.6. The largest absolute Gasteiger partial charge is 0.484 e. The van der Waals surface area contributed by atoms with Crippen molar-refractivity contribution in [3.8, 4) is 5.75 Å². The SMILES string of the molecule is CC(C)c1ccc(OCC(=O)Nc2ccc(Cl)cc2F)cc1. The van der Waals surface area contributed by atoms with Crippen molar-refractivity contribution in [1.29, 1.82) is 0 Å². The minimum atomic E-state index is -0.581. The topological polar surface area (TPSA) is 38.3 Å². The summed E-state index contributed by atoms with van der Waals surface area (Å²) in [6.45, 7) is 4.01. The van der Waals surface area contributed by atoms with Gasteiger partial charge in [0.05, 0.1) is 5.69 Å². The molecule has 0 radical (unpaired) electrons. The Balaban J connectivity index is 1.89. The first-order valence-electron chi connectivity index (χ1n) is 6.93. The van der Waals surface area contributed by atoms with Crippen LogP contribution in [0, 0.1) is 5.82 Å². The van der Waals surface area contributed by atoms with Gasteiger partial charge in [0.25, 0.3) is 5.91 Å². The highest BCUT2D eigenvalue weighted by atomic mass is 35.5. The van der Waals surface area contributed by atoms with E-state index in [1.807, 2.05) is 24.3 Å². The molecule has 0 fully saturated rings. The van der Waals surface area contributed by atoms with Crippen molar-refractivity contribution >= 4 is 23.2 Å². The first kappa shape index (κ1) is 16.3. The Kier molecular flexibility index (Phi) is 5.39. The third-order valence-electron chi connectivity index (χ3n) is 3.12. The number of hydrogen-bond acceptors (Lipinski definition) is 2. The van der Waals surface area contributed by atoms with E-state index in [9.17, 15) is 9.18 Å². The molecule has 0 spiro atoms. The zero-order chi connectivity index (χ0) is 16.1. The van der Waals surface area contributed by atoms with E-state index in [2.05, 4.69) is 19.2 Å². The fourth-order valence-electron chi connectivity index (χ4n) is 1.87. The molecule has 22 heavy (non-hydrogen) atoms. The molecule has 2 aromatic carbocycles. The lowest BCUT2D eigenvalue weighted by Gasteiger charge is -2.10. The van der Waals surface area contributed by atoms with Crippen LogP contribution in [0.1, 0.15) is 25.3 Å². The predicted molar refractivity (Wildman–Crippen MR) is 86.1 cm³/mol. The third kappa shape index (κ3) is 4.46. The van der Waals surface area contributed by atoms with Crippen molar-refractivity contribution < 1.29 is 13.9 Å². The molecule has 0 aliphatic carbocycles. The van der Waals surface area contributed by atoms with Gasteiger partial charge in [0.1, 0.15) is 11.6 Å². The fourth-order valence-corrected chi connectivity index (χ4v) is 2.03. The number of rotatable bonds is 5. The van der Waals surface area contributed by atoms with Gasteiger partial charge in [-0.1, -0.05) is 37.6 Å². The minimum absolute atomic E-state index is 0.0770. The van der Waals surface area contributed by atoms with Crippen molar-refractivity contribution in [3.63, 3.8) is 0 Å². The third-order valence-corrected chi connectivity index (χ3v) is 3.36. The Morgan fingerprint density at radius 2 is 1.91 bits per heavy atom. The van der Waals surface area contributed by atoms with E-state index in [1.165, 1.54) is 17.7 Å². The lowest BCUT2D eigenvalue weighted by atomic mass is 10.0. The van der Waals surface area contributed by atoms with Gasteiger partial charge in [0, 0.05) is 5.02 Å². The average molecular weight is 322 g/mol. The molecule has 0 aliphatic heterocycles. The van der Waals surface area contributed by atoms with Crippen molar-refractivity contribution in [2.45, 2.75) is 19.8 Å². The second-order valence-corrected chi connectivity index (χ2v) is 5.62. The van der Waals surface area contributed by atoms with E-state index in [0.717, 1.165) is 6.07 Å². The number of carbonyl (C=O) groups is 1. The van der Waals surface area contributed by atoms with Gasteiger partial charge in [-0.25, -0.2) is 4.39 Å². The lowest BCUT2D eigenvalue weighted by Crippen LogP contribution is -2.20. The summed E-state index contributed by atoms with van der Waals surface area (Å²) in [5.41, 5.74) is 1.27. The van der Waals surface area contributed by atoms with Crippen LogP contribution in [0.3, 0.4) is 0 Å². The molecule has 0 aliphatic rings. The zero-order valence-electron chi connectivity index (χ0n) is 12.4. The molecule has 2 aromatic rings. The summed E-state index contributed by atoms with van der Waals surface area (Å²) in [7, 11) is 0. The van der Waals surface area contributed by atoms with Crippen LogP contribution in [0.25, 0.3) is 0 Å². The minimum Gasteiger partial charge on any atom is -0.484 e. The Morgan fingerprint density at radius 1 is 1.23 bits per heavy atom. The summed E-state index contributed by atoms with van der Waals surface area (Å²) in [4.78, 5) is 11.8. The van der Waals surface area contributed by atoms with Crippen LogP contribution < -0.4 is 10.1 Å².